The minimum atomic E-state index is 0.705. The first-order valence-corrected chi connectivity index (χ1v) is 7.22. The summed E-state index contributed by atoms with van der Waals surface area (Å²) in [7, 11) is 2.08. The Balaban J connectivity index is 1.74. The summed E-state index contributed by atoms with van der Waals surface area (Å²) in [5.74, 6) is 1.80. The van der Waals surface area contributed by atoms with E-state index in [0.29, 0.717) is 6.04 Å². The number of hydrogen-bond donors (Lipinski definition) is 1. The number of rotatable bonds is 6. The van der Waals surface area contributed by atoms with Gasteiger partial charge in [0.05, 0.1) is 6.61 Å². The zero-order chi connectivity index (χ0) is 12.8. The fourth-order valence-electron chi connectivity index (χ4n) is 2.91. The Morgan fingerprint density at radius 1 is 1.22 bits per heavy atom. The fourth-order valence-corrected chi connectivity index (χ4v) is 2.91. The lowest BCUT2D eigenvalue weighted by molar-refractivity contribution is 0.263. The highest BCUT2D eigenvalue weighted by atomic mass is 16.5. The maximum Gasteiger partial charge on any atom is 0.119 e. The van der Waals surface area contributed by atoms with Gasteiger partial charge in [-0.05, 0) is 56.3 Å². The zero-order valence-corrected chi connectivity index (χ0v) is 11.6. The quantitative estimate of drug-likeness (QED) is 0.832. The van der Waals surface area contributed by atoms with Crippen molar-refractivity contribution in [1.29, 1.82) is 0 Å². The van der Waals surface area contributed by atoms with E-state index in [-0.39, 0.29) is 0 Å². The second-order valence-corrected chi connectivity index (χ2v) is 5.22. The van der Waals surface area contributed by atoms with Crippen molar-refractivity contribution < 1.29 is 4.74 Å². The van der Waals surface area contributed by atoms with E-state index < -0.39 is 0 Å². The lowest BCUT2D eigenvalue weighted by Gasteiger charge is -2.18. The van der Waals surface area contributed by atoms with Crippen LogP contribution in [0, 0.1) is 5.92 Å². The van der Waals surface area contributed by atoms with E-state index in [9.17, 15) is 0 Å². The Labute approximate surface area is 111 Å². The molecule has 0 aromatic heterocycles. The number of aryl methyl sites for hydroxylation is 1. The van der Waals surface area contributed by atoms with Gasteiger partial charge in [-0.1, -0.05) is 25.5 Å². The molecule has 0 bridgehead atoms. The van der Waals surface area contributed by atoms with Crippen LogP contribution >= 0.6 is 0 Å². The zero-order valence-electron chi connectivity index (χ0n) is 11.6. The molecule has 2 atom stereocenters. The summed E-state index contributed by atoms with van der Waals surface area (Å²) in [6, 6.07) is 9.19. The van der Waals surface area contributed by atoms with Gasteiger partial charge in [-0.15, -0.1) is 0 Å². The molecule has 0 amide bonds. The molecule has 0 aliphatic heterocycles. The van der Waals surface area contributed by atoms with Gasteiger partial charge in [0.25, 0.3) is 0 Å². The van der Waals surface area contributed by atoms with Gasteiger partial charge in [0.1, 0.15) is 5.75 Å². The molecule has 0 spiro atoms. The predicted octanol–water partition coefficient (Wildman–Crippen LogP) is 3.41. The largest absolute Gasteiger partial charge is 0.494 e. The van der Waals surface area contributed by atoms with Crippen LogP contribution in [0.4, 0.5) is 0 Å². The van der Waals surface area contributed by atoms with Crippen LogP contribution in [-0.4, -0.2) is 19.7 Å². The van der Waals surface area contributed by atoms with Gasteiger partial charge in [-0.2, -0.15) is 0 Å². The van der Waals surface area contributed by atoms with Crippen LogP contribution in [0.15, 0.2) is 24.3 Å². The molecule has 1 aromatic carbocycles. The highest BCUT2D eigenvalue weighted by molar-refractivity contribution is 5.27. The normalized spacial score (nSPS) is 23.2. The Morgan fingerprint density at radius 2 is 2.00 bits per heavy atom. The van der Waals surface area contributed by atoms with Crippen molar-refractivity contribution in [2.75, 3.05) is 13.7 Å². The molecule has 0 heterocycles. The molecule has 1 fully saturated rings. The van der Waals surface area contributed by atoms with Crippen molar-refractivity contribution >= 4 is 0 Å². The van der Waals surface area contributed by atoms with Crippen molar-refractivity contribution in [2.24, 2.45) is 5.92 Å². The van der Waals surface area contributed by atoms with Crippen LogP contribution in [0.25, 0.3) is 0 Å². The first-order valence-electron chi connectivity index (χ1n) is 7.22. The fraction of sp³-hybridized carbons (Fsp3) is 0.625. The van der Waals surface area contributed by atoms with Crippen LogP contribution in [0.3, 0.4) is 0 Å². The SMILES string of the molecule is CCc1ccc(OCCC2CCCC2NC)cc1. The summed E-state index contributed by atoms with van der Waals surface area (Å²) in [6.07, 6.45) is 6.30. The molecule has 2 heteroatoms. The van der Waals surface area contributed by atoms with E-state index in [1.165, 1.54) is 31.2 Å². The third-order valence-electron chi connectivity index (χ3n) is 4.12. The second-order valence-electron chi connectivity index (χ2n) is 5.22. The van der Waals surface area contributed by atoms with Crippen molar-refractivity contribution in [3.63, 3.8) is 0 Å². The average molecular weight is 247 g/mol. The summed E-state index contributed by atoms with van der Waals surface area (Å²) < 4.78 is 5.83. The van der Waals surface area contributed by atoms with E-state index in [0.717, 1.165) is 24.7 Å². The summed E-state index contributed by atoms with van der Waals surface area (Å²) in [5, 5.41) is 3.42. The van der Waals surface area contributed by atoms with Crippen LogP contribution in [0.1, 0.15) is 38.2 Å². The molecule has 0 radical (unpaired) electrons. The first-order chi connectivity index (χ1) is 8.83. The van der Waals surface area contributed by atoms with Crippen LogP contribution < -0.4 is 10.1 Å². The molecule has 1 saturated carbocycles. The molecular formula is C16H25NO. The third-order valence-corrected chi connectivity index (χ3v) is 4.12. The van der Waals surface area contributed by atoms with E-state index in [2.05, 4.69) is 43.6 Å². The predicted molar refractivity (Wildman–Crippen MR) is 76.1 cm³/mol. The minimum Gasteiger partial charge on any atom is -0.494 e. The van der Waals surface area contributed by atoms with Crippen LogP contribution in [0.2, 0.25) is 0 Å². The van der Waals surface area contributed by atoms with Gasteiger partial charge in [-0.3, -0.25) is 0 Å². The highest BCUT2D eigenvalue weighted by Crippen LogP contribution is 2.28. The molecule has 2 nitrogen and oxygen atoms in total. The Bertz CT molecular complexity index is 347. The van der Waals surface area contributed by atoms with Crippen molar-refractivity contribution in [3.8, 4) is 5.75 Å². The topological polar surface area (TPSA) is 21.3 Å². The van der Waals surface area contributed by atoms with E-state index >= 15 is 0 Å². The molecule has 0 saturated heterocycles. The van der Waals surface area contributed by atoms with Gasteiger partial charge in [0.2, 0.25) is 0 Å². The lowest BCUT2D eigenvalue weighted by atomic mass is 10.0. The average Bonchev–Trinajstić information content (AvgIpc) is 2.87. The number of hydrogen-bond acceptors (Lipinski definition) is 2. The summed E-state index contributed by atoms with van der Waals surface area (Å²) >= 11 is 0. The summed E-state index contributed by atoms with van der Waals surface area (Å²) in [4.78, 5) is 0. The van der Waals surface area contributed by atoms with Gasteiger partial charge >= 0.3 is 0 Å². The second kappa shape index (κ2) is 6.79. The monoisotopic (exact) mass is 247 g/mol. The van der Waals surface area contributed by atoms with Gasteiger partial charge < -0.3 is 10.1 Å². The molecule has 1 N–H and O–H groups in total. The van der Waals surface area contributed by atoms with E-state index in [1.54, 1.807) is 0 Å². The molecule has 1 aromatic rings. The molecule has 1 aliphatic carbocycles. The van der Waals surface area contributed by atoms with E-state index in [4.69, 9.17) is 4.74 Å². The Morgan fingerprint density at radius 3 is 2.67 bits per heavy atom. The van der Waals surface area contributed by atoms with Gasteiger partial charge in [0.15, 0.2) is 0 Å². The first kappa shape index (κ1) is 13.4. The molecule has 2 rings (SSSR count). The van der Waals surface area contributed by atoms with Gasteiger partial charge in [0, 0.05) is 6.04 Å². The Kier molecular flexibility index (Phi) is 5.06. The maximum absolute atomic E-state index is 5.83. The van der Waals surface area contributed by atoms with Crippen molar-refractivity contribution in [2.45, 2.75) is 45.1 Å². The smallest absolute Gasteiger partial charge is 0.119 e. The summed E-state index contributed by atoms with van der Waals surface area (Å²) in [5.41, 5.74) is 1.37. The molecular weight excluding hydrogens is 222 g/mol. The van der Waals surface area contributed by atoms with Crippen LogP contribution in [-0.2, 0) is 6.42 Å². The minimum absolute atomic E-state index is 0.705. The standard InChI is InChI=1S/C16H25NO/c1-3-13-7-9-15(10-8-13)18-12-11-14-5-4-6-16(14)17-2/h7-10,14,16-17H,3-6,11-12H2,1-2H3. The number of ether oxygens (including phenoxy) is 1. The van der Waals surface area contributed by atoms with Crippen molar-refractivity contribution in [1.82, 2.24) is 5.32 Å². The summed E-state index contributed by atoms with van der Waals surface area (Å²) in [6.45, 7) is 3.02. The number of benzene rings is 1. The lowest BCUT2D eigenvalue weighted by Crippen LogP contribution is -2.29. The molecule has 1 aliphatic rings. The highest BCUT2D eigenvalue weighted by Gasteiger charge is 2.25. The van der Waals surface area contributed by atoms with E-state index in [1.807, 2.05) is 0 Å². The van der Waals surface area contributed by atoms with Gasteiger partial charge in [-0.25, -0.2) is 0 Å². The Hall–Kier alpha value is -1.02. The molecule has 2 unspecified atom stereocenters. The maximum atomic E-state index is 5.83. The number of nitrogens with one attached hydrogen (secondary N) is 1. The molecule has 100 valence electrons. The van der Waals surface area contributed by atoms with Crippen LogP contribution in [0.5, 0.6) is 5.75 Å². The molecule has 18 heavy (non-hydrogen) atoms. The third kappa shape index (κ3) is 3.49. The van der Waals surface area contributed by atoms with Crippen molar-refractivity contribution in [3.05, 3.63) is 29.8 Å².